The zero-order chi connectivity index (χ0) is 13.6. The Balaban J connectivity index is 2.90. The summed E-state index contributed by atoms with van der Waals surface area (Å²) in [5, 5.41) is 3.11. The summed E-state index contributed by atoms with van der Waals surface area (Å²) < 4.78 is 37.5. The van der Waals surface area contributed by atoms with Crippen LogP contribution in [0.15, 0.2) is 18.5 Å². The molecule has 0 saturated heterocycles. The number of alkyl halides is 3. The number of nitrogens with zero attached hydrogens (tertiary/aromatic N) is 2. The standard InChI is InChI=1S/C12H18F3N3/c1-3-16-7-10-5-6-17-8-11(10)18(4-2)9-12(13,14)15/h5-6,8,16H,3-4,7,9H2,1-2H3. The van der Waals surface area contributed by atoms with Gasteiger partial charge in [0.1, 0.15) is 6.54 Å². The van der Waals surface area contributed by atoms with Crippen molar-refractivity contribution in [3.63, 3.8) is 0 Å². The molecule has 0 atom stereocenters. The molecule has 102 valence electrons. The normalized spacial score (nSPS) is 11.6. The van der Waals surface area contributed by atoms with Gasteiger partial charge in [-0.15, -0.1) is 0 Å². The molecule has 1 heterocycles. The van der Waals surface area contributed by atoms with Crippen molar-refractivity contribution in [3.05, 3.63) is 24.0 Å². The summed E-state index contributed by atoms with van der Waals surface area (Å²) in [6.07, 6.45) is -1.12. The molecule has 3 nitrogen and oxygen atoms in total. The number of hydrogen-bond donors (Lipinski definition) is 1. The van der Waals surface area contributed by atoms with E-state index in [-0.39, 0.29) is 0 Å². The SMILES string of the molecule is CCNCc1ccncc1N(CC)CC(F)(F)F. The van der Waals surface area contributed by atoms with Crippen LogP contribution < -0.4 is 10.2 Å². The smallest absolute Gasteiger partial charge is 0.361 e. The third-order valence-corrected chi connectivity index (χ3v) is 2.55. The number of rotatable bonds is 6. The van der Waals surface area contributed by atoms with Crippen LogP contribution in [0, 0.1) is 0 Å². The minimum Gasteiger partial charge on any atom is -0.361 e. The summed E-state index contributed by atoms with van der Waals surface area (Å²) in [4.78, 5) is 5.21. The van der Waals surface area contributed by atoms with Gasteiger partial charge in [0.15, 0.2) is 0 Å². The van der Waals surface area contributed by atoms with Crippen LogP contribution in [0.3, 0.4) is 0 Å². The number of nitrogens with one attached hydrogen (secondary N) is 1. The molecule has 0 fully saturated rings. The molecule has 6 heteroatoms. The van der Waals surface area contributed by atoms with Crippen molar-refractivity contribution in [2.45, 2.75) is 26.6 Å². The van der Waals surface area contributed by atoms with Crippen molar-refractivity contribution >= 4 is 5.69 Å². The van der Waals surface area contributed by atoms with Crippen LogP contribution in [0.4, 0.5) is 18.9 Å². The fourth-order valence-electron chi connectivity index (χ4n) is 1.69. The maximum atomic E-state index is 12.5. The molecule has 0 aliphatic carbocycles. The molecule has 0 aliphatic rings. The highest BCUT2D eigenvalue weighted by molar-refractivity contribution is 5.51. The van der Waals surface area contributed by atoms with Gasteiger partial charge in [0.2, 0.25) is 0 Å². The second kappa shape index (κ2) is 6.58. The van der Waals surface area contributed by atoms with Gasteiger partial charge in [-0.3, -0.25) is 4.98 Å². The quantitative estimate of drug-likeness (QED) is 0.853. The Morgan fingerprint density at radius 1 is 1.33 bits per heavy atom. The van der Waals surface area contributed by atoms with Gasteiger partial charge in [-0.1, -0.05) is 6.92 Å². The Labute approximate surface area is 105 Å². The van der Waals surface area contributed by atoms with E-state index in [1.54, 1.807) is 19.2 Å². The first-order valence-corrected chi connectivity index (χ1v) is 5.93. The van der Waals surface area contributed by atoms with Crippen molar-refractivity contribution in [3.8, 4) is 0 Å². The summed E-state index contributed by atoms with van der Waals surface area (Å²) in [5.74, 6) is 0. The first-order valence-electron chi connectivity index (χ1n) is 5.93. The van der Waals surface area contributed by atoms with Gasteiger partial charge in [0.25, 0.3) is 0 Å². The molecule has 0 saturated carbocycles. The molecule has 0 unspecified atom stereocenters. The van der Waals surface area contributed by atoms with Crippen LogP contribution in [0.2, 0.25) is 0 Å². The van der Waals surface area contributed by atoms with Crippen molar-refractivity contribution in [1.82, 2.24) is 10.3 Å². The Hall–Kier alpha value is -1.30. The lowest BCUT2D eigenvalue weighted by Crippen LogP contribution is -2.35. The third-order valence-electron chi connectivity index (χ3n) is 2.55. The second-order valence-corrected chi connectivity index (χ2v) is 3.91. The molecule has 1 aromatic rings. The van der Waals surface area contributed by atoms with E-state index in [1.807, 2.05) is 6.92 Å². The van der Waals surface area contributed by atoms with E-state index >= 15 is 0 Å². The van der Waals surface area contributed by atoms with E-state index in [1.165, 1.54) is 11.1 Å². The first kappa shape index (κ1) is 14.8. The van der Waals surface area contributed by atoms with Crippen molar-refractivity contribution in [2.24, 2.45) is 0 Å². The molecule has 0 radical (unpaired) electrons. The number of pyridine rings is 1. The molecule has 0 aliphatic heterocycles. The predicted octanol–water partition coefficient (Wildman–Crippen LogP) is 2.58. The number of anilines is 1. The summed E-state index contributed by atoms with van der Waals surface area (Å²) in [5.41, 5.74) is 1.37. The highest BCUT2D eigenvalue weighted by Crippen LogP contribution is 2.24. The molecular formula is C12H18F3N3. The minimum atomic E-state index is -4.21. The number of hydrogen-bond acceptors (Lipinski definition) is 3. The molecule has 1 N–H and O–H groups in total. The molecule has 1 rings (SSSR count). The maximum Gasteiger partial charge on any atom is 0.405 e. The highest BCUT2D eigenvalue weighted by atomic mass is 19.4. The lowest BCUT2D eigenvalue weighted by Gasteiger charge is -2.26. The van der Waals surface area contributed by atoms with Gasteiger partial charge in [-0.2, -0.15) is 13.2 Å². The molecule has 1 aromatic heterocycles. The van der Waals surface area contributed by atoms with Gasteiger partial charge in [-0.05, 0) is 25.1 Å². The maximum absolute atomic E-state index is 12.5. The Morgan fingerprint density at radius 2 is 2.06 bits per heavy atom. The van der Waals surface area contributed by atoms with E-state index in [2.05, 4.69) is 10.3 Å². The zero-order valence-corrected chi connectivity index (χ0v) is 10.6. The molecular weight excluding hydrogens is 243 g/mol. The number of halogens is 3. The highest BCUT2D eigenvalue weighted by Gasteiger charge is 2.31. The van der Waals surface area contributed by atoms with E-state index < -0.39 is 12.7 Å². The van der Waals surface area contributed by atoms with Crippen LogP contribution >= 0.6 is 0 Å². The van der Waals surface area contributed by atoms with Crippen LogP contribution in [0.5, 0.6) is 0 Å². The van der Waals surface area contributed by atoms with Gasteiger partial charge in [0, 0.05) is 19.3 Å². The minimum absolute atomic E-state index is 0.296. The van der Waals surface area contributed by atoms with Crippen molar-refractivity contribution < 1.29 is 13.2 Å². The van der Waals surface area contributed by atoms with Gasteiger partial charge >= 0.3 is 6.18 Å². The predicted molar refractivity (Wildman–Crippen MR) is 65.6 cm³/mol. The topological polar surface area (TPSA) is 28.2 Å². The van der Waals surface area contributed by atoms with Crippen LogP contribution in [0.25, 0.3) is 0 Å². The molecule has 0 spiro atoms. The lowest BCUT2D eigenvalue weighted by atomic mass is 10.2. The average molecular weight is 261 g/mol. The molecule has 0 bridgehead atoms. The molecule has 18 heavy (non-hydrogen) atoms. The van der Waals surface area contributed by atoms with E-state index in [4.69, 9.17) is 0 Å². The molecule has 0 aromatic carbocycles. The van der Waals surface area contributed by atoms with Crippen molar-refractivity contribution in [2.75, 3.05) is 24.5 Å². The molecule has 0 amide bonds. The van der Waals surface area contributed by atoms with Gasteiger partial charge < -0.3 is 10.2 Å². The monoisotopic (exact) mass is 261 g/mol. The van der Waals surface area contributed by atoms with E-state index in [0.29, 0.717) is 18.8 Å². The third kappa shape index (κ3) is 4.52. The number of aromatic nitrogens is 1. The lowest BCUT2D eigenvalue weighted by molar-refractivity contribution is -0.119. The first-order chi connectivity index (χ1) is 8.48. The summed E-state index contributed by atoms with van der Waals surface area (Å²) in [6.45, 7) is 4.32. The Morgan fingerprint density at radius 3 is 2.61 bits per heavy atom. The van der Waals surface area contributed by atoms with Crippen LogP contribution in [-0.2, 0) is 6.54 Å². The largest absolute Gasteiger partial charge is 0.405 e. The van der Waals surface area contributed by atoms with E-state index in [9.17, 15) is 13.2 Å². The van der Waals surface area contributed by atoms with Gasteiger partial charge in [0.05, 0.1) is 11.9 Å². The summed E-state index contributed by atoms with van der Waals surface area (Å²) in [7, 11) is 0. The average Bonchev–Trinajstić information content (AvgIpc) is 2.33. The van der Waals surface area contributed by atoms with Crippen molar-refractivity contribution in [1.29, 1.82) is 0 Å². The Kier molecular flexibility index (Phi) is 5.40. The van der Waals surface area contributed by atoms with Crippen LogP contribution in [0.1, 0.15) is 19.4 Å². The second-order valence-electron chi connectivity index (χ2n) is 3.91. The van der Waals surface area contributed by atoms with E-state index in [0.717, 1.165) is 12.1 Å². The zero-order valence-electron chi connectivity index (χ0n) is 10.6. The fourth-order valence-corrected chi connectivity index (χ4v) is 1.69. The fraction of sp³-hybridized carbons (Fsp3) is 0.583. The summed E-state index contributed by atoms with van der Waals surface area (Å²) in [6, 6.07) is 1.75. The Bertz CT molecular complexity index is 366. The van der Waals surface area contributed by atoms with Crippen LogP contribution in [-0.4, -0.2) is 30.8 Å². The van der Waals surface area contributed by atoms with Gasteiger partial charge in [-0.25, -0.2) is 0 Å². The summed E-state index contributed by atoms with van der Waals surface area (Å²) >= 11 is 0.